The van der Waals surface area contributed by atoms with E-state index in [4.69, 9.17) is 104 Å². The number of ether oxygens (including phenoxy) is 6. The lowest BCUT2D eigenvalue weighted by molar-refractivity contribution is -0.114. The molecule has 0 saturated heterocycles. The largest absolute Gasteiger partial charge is 0.491 e. The van der Waals surface area contributed by atoms with Gasteiger partial charge in [0.2, 0.25) is 17.1 Å². The molecule has 2 aliphatic heterocycles. The second-order valence-electron chi connectivity index (χ2n) is 12.5. The number of fused-ring (bicyclic) bond motifs is 2. The maximum atomic E-state index is 12.1. The SMILES string of the molecule is COc1ccc(N)nc1OC.COc1ccc(NC(=O)CCl)nc1OC.COc1ccc(NC(=O)CSC2=Nc3cnc(Cl)cc3C2)nc1OC.O=C(Cl)CCl.S=C1Cc2cc(Cl)ncc2N1. The van der Waals surface area contributed by atoms with Gasteiger partial charge in [0.1, 0.15) is 33.6 Å². The highest BCUT2D eigenvalue weighted by Crippen LogP contribution is 2.32. The Labute approximate surface area is 420 Å². The number of rotatable bonds is 12. The fourth-order valence-electron chi connectivity index (χ4n) is 5.06. The number of halogens is 5. The molecule has 0 fully saturated rings. The van der Waals surface area contributed by atoms with Crippen molar-refractivity contribution in [3.63, 3.8) is 0 Å². The summed E-state index contributed by atoms with van der Waals surface area (Å²) < 4.78 is 30.0. The van der Waals surface area contributed by atoms with E-state index in [0.717, 1.165) is 39.0 Å². The highest BCUT2D eigenvalue weighted by atomic mass is 35.5. The Balaban J connectivity index is 0.000000243. The topological polar surface area (TPSA) is 246 Å². The molecule has 5 aromatic rings. The number of alkyl halides is 2. The number of nitrogens with one attached hydrogen (secondary N) is 3. The molecule has 5 N–H and O–H groups in total. The van der Waals surface area contributed by atoms with E-state index in [1.807, 2.05) is 6.07 Å². The molecule has 0 saturated carbocycles. The van der Waals surface area contributed by atoms with Crippen LogP contribution in [0.25, 0.3) is 0 Å². The highest BCUT2D eigenvalue weighted by molar-refractivity contribution is 8.14. The molecular weight excluding hydrogens is 1020 g/mol. The first-order chi connectivity index (χ1) is 32.1. The number of anilines is 4. The summed E-state index contributed by atoms with van der Waals surface area (Å²) in [6.07, 6.45) is 4.78. The first-order valence-electron chi connectivity index (χ1n) is 18.8. The summed E-state index contributed by atoms with van der Waals surface area (Å²) in [5, 5.41) is 9.58. The van der Waals surface area contributed by atoms with Crippen molar-refractivity contribution >= 4 is 138 Å². The molecule has 0 spiro atoms. The molecule has 0 bridgehead atoms. The summed E-state index contributed by atoms with van der Waals surface area (Å²) in [5.41, 5.74) is 9.35. The smallest absolute Gasteiger partial charge is 0.258 e. The van der Waals surface area contributed by atoms with Crippen LogP contribution < -0.4 is 50.1 Å². The Hall–Kier alpha value is -5.68. The van der Waals surface area contributed by atoms with Crippen LogP contribution in [0.2, 0.25) is 10.3 Å². The zero-order valence-corrected chi connectivity index (χ0v) is 41.9. The molecule has 19 nitrogen and oxygen atoms in total. The van der Waals surface area contributed by atoms with Crippen LogP contribution in [0.15, 0.2) is 65.9 Å². The van der Waals surface area contributed by atoms with Crippen molar-refractivity contribution in [2.75, 3.05) is 81.9 Å². The lowest BCUT2D eigenvalue weighted by Crippen LogP contribution is -2.16. The number of carbonyl (C=O) groups excluding carboxylic acids is 3. The minimum Gasteiger partial charge on any atom is -0.491 e. The Morgan fingerprint density at radius 2 is 1.19 bits per heavy atom. The number of amides is 2. The third kappa shape index (κ3) is 18.9. The first kappa shape index (κ1) is 55.6. The average molecular weight is 1060 g/mol. The van der Waals surface area contributed by atoms with E-state index >= 15 is 0 Å². The molecule has 67 heavy (non-hydrogen) atoms. The van der Waals surface area contributed by atoms with Crippen molar-refractivity contribution in [3.8, 4) is 34.9 Å². The van der Waals surface area contributed by atoms with Crippen LogP contribution in [0.4, 0.5) is 28.8 Å². The number of pyridine rings is 5. The summed E-state index contributed by atoms with van der Waals surface area (Å²) in [7, 11) is 9.06. The lowest BCUT2D eigenvalue weighted by atomic mass is 10.2. The van der Waals surface area contributed by atoms with Gasteiger partial charge in [-0.15, -0.1) is 35.0 Å². The zero-order valence-electron chi connectivity index (χ0n) is 36.5. The Morgan fingerprint density at radius 3 is 1.70 bits per heavy atom. The van der Waals surface area contributed by atoms with Crippen molar-refractivity contribution in [1.82, 2.24) is 24.9 Å². The van der Waals surface area contributed by atoms with Crippen LogP contribution >= 0.6 is 82.0 Å². The molecule has 2 aliphatic rings. The number of thiocarbonyl (C=S) groups is 1. The van der Waals surface area contributed by atoms with E-state index in [2.05, 4.69) is 45.9 Å². The van der Waals surface area contributed by atoms with Gasteiger partial charge in [0.05, 0.1) is 88.1 Å². The maximum absolute atomic E-state index is 12.1. The normalized spacial score (nSPS) is 11.2. The predicted molar refractivity (Wildman–Crippen MR) is 268 cm³/mol. The minimum absolute atomic E-state index is 0.0957. The lowest BCUT2D eigenvalue weighted by Gasteiger charge is -2.09. The Morgan fingerprint density at radius 1 is 0.701 bits per heavy atom. The minimum atomic E-state index is -0.508. The molecule has 5 aromatic heterocycles. The summed E-state index contributed by atoms with van der Waals surface area (Å²) in [6.45, 7) is 0. The molecule has 0 aliphatic carbocycles. The molecule has 26 heteroatoms. The third-order valence-corrected chi connectivity index (χ3v) is 10.4. The molecule has 7 rings (SSSR count). The predicted octanol–water partition coefficient (Wildman–Crippen LogP) is 8.08. The molecule has 0 aromatic carbocycles. The van der Waals surface area contributed by atoms with Crippen LogP contribution in [-0.4, -0.2) is 112 Å². The van der Waals surface area contributed by atoms with Gasteiger partial charge in [-0.2, -0.15) is 15.0 Å². The van der Waals surface area contributed by atoms with E-state index in [1.165, 1.54) is 47.3 Å². The van der Waals surface area contributed by atoms with Gasteiger partial charge in [-0.05, 0) is 71.3 Å². The van der Waals surface area contributed by atoms with Crippen molar-refractivity contribution < 1.29 is 42.8 Å². The number of nitrogens with zero attached hydrogens (tertiary/aromatic N) is 6. The van der Waals surface area contributed by atoms with E-state index in [9.17, 15) is 14.4 Å². The molecule has 2 amide bonds. The van der Waals surface area contributed by atoms with Crippen LogP contribution in [0, 0.1) is 0 Å². The van der Waals surface area contributed by atoms with Gasteiger partial charge in [-0.25, -0.2) is 15.0 Å². The zero-order chi connectivity index (χ0) is 49.5. The van der Waals surface area contributed by atoms with Crippen molar-refractivity contribution in [2.45, 2.75) is 12.8 Å². The van der Waals surface area contributed by atoms with Crippen LogP contribution in [0.5, 0.6) is 34.9 Å². The second-order valence-corrected chi connectivity index (χ2v) is 15.8. The number of aliphatic imine (C=N–C) groups is 1. The summed E-state index contributed by atoms with van der Waals surface area (Å²) in [5.74, 6) is 3.32. The number of carbonyl (C=O) groups is 3. The molecule has 0 atom stereocenters. The Kier molecular flexibility index (Phi) is 24.2. The Bertz CT molecular complexity index is 2530. The molecule has 7 heterocycles. The number of thioether (sulfide) groups is 1. The highest BCUT2D eigenvalue weighted by Gasteiger charge is 2.18. The molecular formula is C41H43Cl5N10O9S2. The molecule has 358 valence electrons. The van der Waals surface area contributed by atoms with Crippen molar-refractivity contribution in [2.24, 2.45) is 4.99 Å². The quantitative estimate of drug-likeness (QED) is 0.0399. The first-order valence-corrected chi connectivity index (χ1v) is 22.4. The van der Waals surface area contributed by atoms with E-state index in [0.29, 0.717) is 69.1 Å². The fraction of sp³-hybridized carbons (Fsp3) is 0.268. The third-order valence-electron chi connectivity index (χ3n) is 7.97. The summed E-state index contributed by atoms with van der Waals surface area (Å²) in [4.78, 5) is 57.9. The number of aromatic nitrogens is 5. The molecule has 0 unspecified atom stereocenters. The molecule has 0 radical (unpaired) electrons. The number of nitrogen functional groups attached to an aromatic ring is 1. The number of hydrogen-bond donors (Lipinski definition) is 4. The summed E-state index contributed by atoms with van der Waals surface area (Å²) in [6, 6.07) is 13.6. The van der Waals surface area contributed by atoms with Crippen LogP contribution in [-0.2, 0) is 27.2 Å². The van der Waals surface area contributed by atoms with Crippen LogP contribution in [0.3, 0.4) is 0 Å². The number of hydrogen-bond acceptors (Lipinski definition) is 18. The van der Waals surface area contributed by atoms with Gasteiger partial charge in [-0.3, -0.25) is 14.4 Å². The van der Waals surface area contributed by atoms with Gasteiger partial charge in [0, 0.05) is 12.8 Å². The van der Waals surface area contributed by atoms with Gasteiger partial charge in [0.25, 0.3) is 17.6 Å². The van der Waals surface area contributed by atoms with Gasteiger partial charge in [-0.1, -0.05) is 35.4 Å². The monoisotopic (exact) mass is 1060 g/mol. The van der Waals surface area contributed by atoms with Crippen molar-refractivity contribution in [1.29, 1.82) is 0 Å². The number of methoxy groups -OCH3 is 6. The maximum Gasteiger partial charge on any atom is 0.258 e. The van der Waals surface area contributed by atoms with Gasteiger partial charge >= 0.3 is 0 Å². The summed E-state index contributed by atoms with van der Waals surface area (Å²) >= 11 is 32.8. The standard InChI is InChI=1S/C16H15ClN4O3S.C9H11ClN2O3.C7H5ClN2S.C7H10N2O2.C2H2Cl2O/c1-23-11-3-4-13(21-16(11)24-2)20-14(22)8-25-15-6-9-5-12(17)18-7-10(9)19-15;1-14-6-3-4-7(11-8(13)5-10)12-9(6)15-2;8-6-1-4-2-7(11)10-5(4)3-9-6;1-10-5-3-4-6(8)9-7(5)11-2;3-1-2(4)5/h3-5,7H,6,8H2,1-2H3,(H,20,21,22);3-4H,5H2,1-2H3,(H,11,12,13);1,3H,2H2,(H,10,11);3-4H,1-2H3,(H2,8,9);1H2. The fourth-order valence-corrected chi connectivity index (χ4v) is 6.55. The van der Waals surface area contributed by atoms with E-state index in [1.54, 1.807) is 62.0 Å². The van der Waals surface area contributed by atoms with Crippen LogP contribution in [0.1, 0.15) is 11.1 Å². The van der Waals surface area contributed by atoms with E-state index < -0.39 is 5.24 Å². The second kappa shape index (κ2) is 29.2. The van der Waals surface area contributed by atoms with E-state index in [-0.39, 0.29) is 29.3 Å². The van der Waals surface area contributed by atoms with Gasteiger partial charge in [0.15, 0.2) is 17.2 Å². The average Bonchev–Trinajstić information content (AvgIpc) is 3.92. The van der Waals surface area contributed by atoms with Gasteiger partial charge < -0.3 is 50.1 Å². The van der Waals surface area contributed by atoms with Crippen molar-refractivity contribution in [3.05, 3.63) is 82.4 Å². The number of nitrogens with two attached hydrogens (primary N) is 1.